The van der Waals surface area contributed by atoms with Crippen molar-refractivity contribution in [3.63, 3.8) is 0 Å². The van der Waals surface area contributed by atoms with Gasteiger partial charge in [-0.15, -0.1) is 0 Å². The Morgan fingerprint density at radius 2 is 1.83 bits per heavy atom. The molecule has 5 nitrogen and oxygen atoms in total. The fourth-order valence-electron chi connectivity index (χ4n) is 8.64. The van der Waals surface area contributed by atoms with Gasteiger partial charge in [-0.2, -0.15) is 0 Å². The lowest BCUT2D eigenvalue weighted by molar-refractivity contribution is -0.180. The Balaban J connectivity index is 1.60. The van der Waals surface area contributed by atoms with Crippen molar-refractivity contribution in [1.29, 1.82) is 0 Å². The molecule has 4 fully saturated rings. The molecule has 0 heterocycles. The van der Waals surface area contributed by atoms with E-state index in [2.05, 4.69) is 0 Å². The smallest absolute Gasteiger partial charge is 0.146 e. The van der Waals surface area contributed by atoms with Crippen LogP contribution in [0.5, 0.6) is 0 Å². The molecular formula is C24H40O5. The Bertz CT molecular complexity index is 594. The molecule has 0 aliphatic heterocycles. The predicted molar refractivity (Wildman–Crippen MR) is 110 cm³/mol. The van der Waals surface area contributed by atoms with Crippen LogP contribution in [0.3, 0.4) is 0 Å². The summed E-state index contributed by atoms with van der Waals surface area (Å²) < 4.78 is 17.0. The number of aliphatic hydroxyl groups is 1. The van der Waals surface area contributed by atoms with E-state index in [1.54, 1.807) is 14.0 Å². The third kappa shape index (κ3) is 3.31. The number of hydrogen-bond donors (Lipinski definition) is 1. The first-order chi connectivity index (χ1) is 14.0. The number of hydrogen-bond acceptors (Lipinski definition) is 5. The van der Waals surface area contributed by atoms with Gasteiger partial charge in [-0.1, -0.05) is 0 Å². The standard InChI is InChI=1S/C24H40O5/c1-16(26)24-11-9-21-20(22(24)7-5-18(24)13-25)6-4-17-12-19(29-15-28-3)8-10-23(17,21)14-27-2/h17-22,25H,4-15H2,1-3H3/t17?,18-,19-,20-,21?,22?,23-,24+/m1/s1. The van der Waals surface area contributed by atoms with Gasteiger partial charge in [-0.3, -0.25) is 4.79 Å². The number of ether oxygens (including phenoxy) is 3. The predicted octanol–water partition coefficient (Wildman–Crippen LogP) is 3.82. The number of Topliss-reactive ketones (excluding diaryl/α,β-unsaturated/α-hetero) is 1. The van der Waals surface area contributed by atoms with Crippen LogP contribution in [0.2, 0.25) is 0 Å². The topological polar surface area (TPSA) is 65.0 Å². The van der Waals surface area contributed by atoms with E-state index in [9.17, 15) is 9.90 Å². The van der Waals surface area contributed by atoms with Crippen LogP contribution >= 0.6 is 0 Å². The Kier molecular flexibility index (Phi) is 6.42. The van der Waals surface area contributed by atoms with Gasteiger partial charge in [-0.25, -0.2) is 0 Å². The van der Waals surface area contributed by atoms with Gasteiger partial charge in [0, 0.05) is 26.2 Å². The van der Waals surface area contributed by atoms with Crippen LogP contribution in [0.1, 0.15) is 64.7 Å². The van der Waals surface area contributed by atoms with Gasteiger partial charge < -0.3 is 19.3 Å². The molecule has 4 saturated carbocycles. The van der Waals surface area contributed by atoms with Gasteiger partial charge in [0.25, 0.3) is 0 Å². The minimum absolute atomic E-state index is 0.165. The fraction of sp³-hybridized carbons (Fsp3) is 0.958. The third-order valence-corrected chi connectivity index (χ3v) is 9.71. The van der Waals surface area contributed by atoms with E-state index >= 15 is 0 Å². The first-order valence-electron chi connectivity index (χ1n) is 11.7. The molecule has 8 atom stereocenters. The summed E-state index contributed by atoms with van der Waals surface area (Å²) in [5.74, 6) is 2.83. The van der Waals surface area contributed by atoms with Crippen molar-refractivity contribution < 1.29 is 24.1 Å². The molecule has 4 aliphatic rings. The fourth-order valence-corrected chi connectivity index (χ4v) is 8.64. The van der Waals surface area contributed by atoms with Crippen molar-refractivity contribution in [3.8, 4) is 0 Å². The summed E-state index contributed by atoms with van der Waals surface area (Å²) in [5.41, 5.74) is -0.0410. The molecule has 0 aromatic carbocycles. The maximum Gasteiger partial charge on any atom is 0.146 e. The molecule has 0 bridgehead atoms. The SMILES string of the molecule is COCO[C@@H]1CC[C@@]2(COC)C(CC[C@@H]3C2CC[C@@]2(C(C)=O)C3CC[C@@H]2CO)C1. The minimum Gasteiger partial charge on any atom is -0.396 e. The summed E-state index contributed by atoms with van der Waals surface area (Å²) in [6, 6.07) is 0. The lowest BCUT2D eigenvalue weighted by Crippen LogP contribution is -2.58. The highest BCUT2D eigenvalue weighted by atomic mass is 16.7. The summed E-state index contributed by atoms with van der Waals surface area (Å²) >= 11 is 0. The summed E-state index contributed by atoms with van der Waals surface area (Å²) in [4.78, 5) is 12.9. The number of rotatable bonds is 7. The van der Waals surface area contributed by atoms with E-state index < -0.39 is 0 Å². The highest BCUT2D eigenvalue weighted by Crippen LogP contribution is 2.67. The summed E-state index contributed by atoms with van der Waals surface area (Å²) in [7, 11) is 3.54. The number of carbonyl (C=O) groups excluding carboxylic acids is 1. The molecular weight excluding hydrogens is 368 g/mol. The zero-order valence-electron chi connectivity index (χ0n) is 18.5. The van der Waals surface area contributed by atoms with Gasteiger partial charge in [0.2, 0.25) is 0 Å². The molecule has 3 unspecified atom stereocenters. The van der Waals surface area contributed by atoms with Crippen LogP contribution in [0.4, 0.5) is 0 Å². The maximum absolute atomic E-state index is 12.9. The average Bonchev–Trinajstić information content (AvgIpc) is 3.12. The van der Waals surface area contributed by atoms with Crippen molar-refractivity contribution in [2.24, 2.45) is 40.4 Å². The molecule has 1 N–H and O–H groups in total. The quantitative estimate of drug-likeness (QED) is 0.649. The number of methoxy groups -OCH3 is 2. The van der Waals surface area contributed by atoms with E-state index in [0.717, 1.165) is 51.6 Å². The van der Waals surface area contributed by atoms with Gasteiger partial charge in [-0.05, 0) is 99.7 Å². The number of fused-ring (bicyclic) bond motifs is 5. The molecule has 0 saturated heterocycles. The van der Waals surface area contributed by atoms with Crippen molar-refractivity contribution in [1.82, 2.24) is 0 Å². The van der Waals surface area contributed by atoms with Gasteiger partial charge in [0.15, 0.2) is 0 Å². The van der Waals surface area contributed by atoms with Gasteiger partial charge >= 0.3 is 0 Å². The molecule has 29 heavy (non-hydrogen) atoms. The summed E-state index contributed by atoms with van der Waals surface area (Å²) in [6.07, 6.45) is 10.3. The highest BCUT2D eigenvalue weighted by molar-refractivity contribution is 5.83. The third-order valence-electron chi connectivity index (χ3n) is 9.71. The van der Waals surface area contributed by atoms with Crippen molar-refractivity contribution in [3.05, 3.63) is 0 Å². The molecule has 0 spiro atoms. The molecule has 4 aliphatic carbocycles. The highest BCUT2D eigenvalue weighted by Gasteiger charge is 2.64. The second-order valence-electron chi connectivity index (χ2n) is 10.4. The van der Waals surface area contributed by atoms with Crippen LogP contribution in [0.25, 0.3) is 0 Å². The average molecular weight is 409 g/mol. The van der Waals surface area contributed by atoms with Crippen LogP contribution in [-0.4, -0.2) is 51.2 Å². The van der Waals surface area contributed by atoms with Crippen molar-refractivity contribution >= 4 is 5.78 Å². The minimum atomic E-state index is -0.268. The Morgan fingerprint density at radius 3 is 2.52 bits per heavy atom. The van der Waals surface area contributed by atoms with Crippen LogP contribution in [0.15, 0.2) is 0 Å². The zero-order valence-corrected chi connectivity index (χ0v) is 18.5. The lowest BCUT2D eigenvalue weighted by atomic mass is 9.43. The Morgan fingerprint density at radius 1 is 1.00 bits per heavy atom. The van der Waals surface area contributed by atoms with E-state index in [0.29, 0.717) is 42.4 Å². The maximum atomic E-state index is 12.9. The van der Waals surface area contributed by atoms with Crippen molar-refractivity contribution in [2.45, 2.75) is 70.8 Å². The molecule has 0 radical (unpaired) electrons. The van der Waals surface area contributed by atoms with Gasteiger partial charge in [0.1, 0.15) is 12.6 Å². The van der Waals surface area contributed by atoms with Gasteiger partial charge in [0.05, 0.1) is 12.7 Å². The lowest BCUT2D eigenvalue weighted by Gasteiger charge is -2.62. The summed E-state index contributed by atoms with van der Waals surface area (Å²) in [6.45, 7) is 3.17. The van der Waals surface area contributed by atoms with E-state index in [1.165, 1.54) is 12.8 Å². The second-order valence-corrected chi connectivity index (χ2v) is 10.4. The monoisotopic (exact) mass is 408 g/mol. The van der Waals surface area contributed by atoms with Crippen molar-refractivity contribution in [2.75, 3.05) is 34.2 Å². The van der Waals surface area contributed by atoms with E-state index in [1.807, 2.05) is 7.11 Å². The Labute approximate surface area is 175 Å². The molecule has 166 valence electrons. The van der Waals surface area contributed by atoms with E-state index in [-0.39, 0.29) is 23.4 Å². The first kappa shape index (κ1) is 21.7. The number of carbonyl (C=O) groups is 1. The normalized spacial score (nSPS) is 46.6. The first-order valence-corrected chi connectivity index (χ1v) is 11.7. The van der Waals surface area contributed by atoms with Crippen LogP contribution in [0, 0.1) is 40.4 Å². The summed E-state index contributed by atoms with van der Waals surface area (Å²) in [5, 5.41) is 10.0. The zero-order chi connectivity index (χ0) is 20.6. The number of aliphatic hydroxyl groups excluding tert-OH is 1. The molecule has 0 aromatic heterocycles. The van der Waals surface area contributed by atoms with Crippen LogP contribution < -0.4 is 0 Å². The second kappa shape index (κ2) is 8.57. The Hall–Kier alpha value is -0.490. The molecule has 0 amide bonds. The molecule has 5 heteroatoms. The molecule has 0 aromatic rings. The van der Waals surface area contributed by atoms with E-state index in [4.69, 9.17) is 14.2 Å². The van der Waals surface area contributed by atoms with Crippen LogP contribution in [-0.2, 0) is 19.0 Å². The molecule has 4 rings (SSSR count). The largest absolute Gasteiger partial charge is 0.396 e. The number of ketones is 1.